The number of benzene rings is 2. The molecule has 6 heteroatoms. The van der Waals surface area contributed by atoms with E-state index in [0.717, 1.165) is 27.4 Å². The van der Waals surface area contributed by atoms with Gasteiger partial charge in [0.25, 0.3) is 0 Å². The summed E-state index contributed by atoms with van der Waals surface area (Å²) in [4.78, 5) is 12.0. The maximum Gasteiger partial charge on any atom is 0.325 e. The monoisotopic (exact) mass is 324 g/mol. The van der Waals surface area contributed by atoms with E-state index >= 15 is 0 Å². The zero-order valence-electron chi connectivity index (χ0n) is 12.8. The van der Waals surface area contributed by atoms with Crippen molar-refractivity contribution in [2.24, 2.45) is 0 Å². The predicted molar refractivity (Wildman–Crippen MR) is 93.9 cm³/mol. The molecule has 0 spiro atoms. The van der Waals surface area contributed by atoms with E-state index < -0.39 is 0 Å². The molecule has 0 aliphatic heterocycles. The summed E-state index contributed by atoms with van der Waals surface area (Å²) in [6.07, 6.45) is 0. The Morgan fingerprint density at radius 1 is 0.957 bits per heavy atom. The van der Waals surface area contributed by atoms with Gasteiger partial charge < -0.3 is 5.32 Å². The van der Waals surface area contributed by atoms with Crippen LogP contribution in [0.25, 0.3) is 10.6 Å². The van der Waals surface area contributed by atoms with Crippen LogP contribution in [0.5, 0.6) is 0 Å². The van der Waals surface area contributed by atoms with Crippen LogP contribution in [0.15, 0.2) is 48.5 Å². The van der Waals surface area contributed by atoms with Crippen molar-refractivity contribution in [1.82, 2.24) is 10.2 Å². The second-order valence-electron chi connectivity index (χ2n) is 5.23. The van der Waals surface area contributed by atoms with Crippen molar-refractivity contribution in [3.63, 3.8) is 0 Å². The number of amides is 2. The number of nitrogens with one attached hydrogen (secondary N) is 2. The number of carbonyl (C=O) groups excluding carboxylic acids is 1. The molecule has 3 aromatic rings. The first-order chi connectivity index (χ1) is 11.1. The minimum Gasteiger partial charge on any atom is -0.308 e. The third-order valence-corrected chi connectivity index (χ3v) is 4.11. The van der Waals surface area contributed by atoms with Gasteiger partial charge in [-0.3, -0.25) is 5.32 Å². The van der Waals surface area contributed by atoms with Gasteiger partial charge in [0.15, 0.2) is 0 Å². The van der Waals surface area contributed by atoms with E-state index in [4.69, 9.17) is 0 Å². The Balaban J connectivity index is 1.66. The van der Waals surface area contributed by atoms with Gasteiger partial charge in [-0.25, -0.2) is 4.79 Å². The Morgan fingerprint density at radius 3 is 2.48 bits per heavy atom. The lowest BCUT2D eigenvalue weighted by Gasteiger charge is -2.05. The summed E-state index contributed by atoms with van der Waals surface area (Å²) in [6.45, 7) is 4.02. The minimum absolute atomic E-state index is 0.333. The number of urea groups is 1. The molecular weight excluding hydrogens is 308 g/mol. The van der Waals surface area contributed by atoms with E-state index in [1.54, 1.807) is 0 Å². The molecule has 0 atom stereocenters. The van der Waals surface area contributed by atoms with E-state index in [0.29, 0.717) is 5.13 Å². The molecule has 0 saturated heterocycles. The first-order valence-electron chi connectivity index (χ1n) is 7.15. The Morgan fingerprint density at radius 2 is 1.74 bits per heavy atom. The van der Waals surface area contributed by atoms with Crippen molar-refractivity contribution in [1.29, 1.82) is 0 Å². The molecular formula is C17H16N4OS. The van der Waals surface area contributed by atoms with Crippen LogP contribution in [0.1, 0.15) is 11.1 Å². The second-order valence-corrected chi connectivity index (χ2v) is 6.20. The highest BCUT2D eigenvalue weighted by molar-refractivity contribution is 7.18. The van der Waals surface area contributed by atoms with Gasteiger partial charge in [-0.1, -0.05) is 52.8 Å². The molecule has 2 N–H and O–H groups in total. The topological polar surface area (TPSA) is 66.9 Å². The molecule has 5 nitrogen and oxygen atoms in total. The lowest BCUT2D eigenvalue weighted by Crippen LogP contribution is -2.19. The van der Waals surface area contributed by atoms with Crippen molar-refractivity contribution >= 4 is 28.2 Å². The molecule has 1 aromatic heterocycles. The molecule has 0 aliphatic carbocycles. The highest BCUT2D eigenvalue weighted by Gasteiger charge is 2.09. The zero-order chi connectivity index (χ0) is 16.2. The molecule has 3 rings (SSSR count). The van der Waals surface area contributed by atoms with Crippen molar-refractivity contribution in [2.45, 2.75) is 13.8 Å². The van der Waals surface area contributed by atoms with Crippen LogP contribution < -0.4 is 10.6 Å². The number of nitrogens with zero attached hydrogens (tertiary/aromatic N) is 2. The fourth-order valence-corrected chi connectivity index (χ4v) is 2.80. The summed E-state index contributed by atoms with van der Waals surface area (Å²) in [6, 6.07) is 15.3. The molecule has 116 valence electrons. The van der Waals surface area contributed by atoms with E-state index in [9.17, 15) is 4.79 Å². The van der Waals surface area contributed by atoms with Crippen molar-refractivity contribution in [2.75, 3.05) is 10.6 Å². The number of aromatic nitrogens is 2. The van der Waals surface area contributed by atoms with Gasteiger partial charge in [0.05, 0.1) is 0 Å². The smallest absolute Gasteiger partial charge is 0.308 e. The fraction of sp³-hybridized carbons (Fsp3) is 0.118. The van der Waals surface area contributed by atoms with E-state index in [1.165, 1.54) is 11.3 Å². The largest absolute Gasteiger partial charge is 0.325 e. The van der Waals surface area contributed by atoms with Gasteiger partial charge >= 0.3 is 6.03 Å². The highest BCUT2D eigenvalue weighted by Crippen LogP contribution is 2.26. The third-order valence-electron chi connectivity index (χ3n) is 3.22. The van der Waals surface area contributed by atoms with Crippen LogP contribution in [-0.2, 0) is 0 Å². The van der Waals surface area contributed by atoms with Crippen LogP contribution >= 0.6 is 11.3 Å². The summed E-state index contributed by atoms with van der Waals surface area (Å²) in [5.74, 6) is 0. The van der Waals surface area contributed by atoms with E-state index in [2.05, 4.69) is 20.8 Å². The number of carbonyl (C=O) groups is 1. The van der Waals surface area contributed by atoms with Crippen LogP contribution in [0.3, 0.4) is 0 Å². The zero-order valence-corrected chi connectivity index (χ0v) is 13.6. The van der Waals surface area contributed by atoms with Gasteiger partial charge in [0.2, 0.25) is 5.13 Å². The van der Waals surface area contributed by atoms with Crippen molar-refractivity contribution in [3.05, 3.63) is 59.7 Å². The molecule has 0 bridgehead atoms. The molecule has 0 aliphatic rings. The standard InChI is InChI=1S/C17H16N4OS/c1-11-6-8-14(9-7-11)18-16(22)19-17-21-20-15(23-17)13-5-3-4-12(2)10-13/h3-10H,1-2H3,(H2,18,19,21,22). The normalized spacial score (nSPS) is 10.3. The molecule has 0 fully saturated rings. The SMILES string of the molecule is Cc1ccc(NC(=O)Nc2nnc(-c3cccc(C)c3)s2)cc1. The molecule has 0 radical (unpaired) electrons. The van der Waals surface area contributed by atoms with Crippen LogP contribution in [-0.4, -0.2) is 16.2 Å². The number of hydrogen-bond acceptors (Lipinski definition) is 4. The number of hydrogen-bond donors (Lipinski definition) is 2. The second kappa shape index (κ2) is 6.58. The number of anilines is 2. The van der Waals surface area contributed by atoms with Gasteiger partial charge in [-0.05, 0) is 32.0 Å². The first-order valence-corrected chi connectivity index (χ1v) is 7.97. The fourth-order valence-electron chi connectivity index (χ4n) is 2.06. The van der Waals surface area contributed by atoms with Crippen LogP contribution in [0.4, 0.5) is 15.6 Å². The predicted octanol–water partition coefficient (Wildman–Crippen LogP) is 4.47. The quantitative estimate of drug-likeness (QED) is 0.747. The van der Waals surface area contributed by atoms with Crippen LogP contribution in [0, 0.1) is 13.8 Å². The Labute approximate surface area is 138 Å². The summed E-state index contributed by atoms with van der Waals surface area (Å²) >= 11 is 1.34. The number of rotatable bonds is 3. The minimum atomic E-state index is -0.333. The summed E-state index contributed by atoms with van der Waals surface area (Å²) in [7, 11) is 0. The van der Waals surface area contributed by atoms with Gasteiger partial charge in [-0.2, -0.15) is 0 Å². The molecule has 0 unspecified atom stereocenters. The van der Waals surface area contributed by atoms with Crippen molar-refractivity contribution < 1.29 is 4.79 Å². The van der Waals surface area contributed by atoms with E-state index in [1.807, 2.05) is 62.4 Å². The summed E-state index contributed by atoms with van der Waals surface area (Å²) < 4.78 is 0. The summed E-state index contributed by atoms with van der Waals surface area (Å²) in [5, 5.41) is 14.9. The third kappa shape index (κ3) is 3.92. The van der Waals surface area contributed by atoms with Gasteiger partial charge in [0, 0.05) is 11.3 Å². The summed E-state index contributed by atoms with van der Waals surface area (Å²) in [5.41, 5.74) is 4.03. The first kappa shape index (κ1) is 15.2. The van der Waals surface area contributed by atoms with Crippen LogP contribution in [0.2, 0.25) is 0 Å². The maximum atomic E-state index is 12.0. The maximum absolute atomic E-state index is 12.0. The lowest BCUT2D eigenvalue weighted by molar-refractivity contribution is 0.262. The average Bonchev–Trinajstić information content (AvgIpc) is 2.98. The molecule has 2 amide bonds. The molecule has 0 saturated carbocycles. The van der Waals surface area contributed by atoms with E-state index in [-0.39, 0.29) is 6.03 Å². The molecule has 2 aromatic carbocycles. The van der Waals surface area contributed by atoms with Crippen molar-refractivity contribution in [3.8, 4) is 10.6 Å². The Bertz CT molecular complexity index is 827. The molecule has 23 heavy (non-hydrogen) atoms. The average molecular weight is 324 g/mol. The van der Waals surface area contributed by atoms with Gasteiger partial charge in [0.1, 0.15) is 5.01 Å². The lowest BCUT2D eigenvalue weighted by atomic mass is 10.1. The molecule has 1 heterocycles. The number of aryl methyl sites for hydroxylation is 2. The Kier molecular flexibility index (Phi) is 4.34. The van der Waals surface area contributed by atoms with Gasteiger partial charge in [-0.15, -0.1) is 10.2 Å². The Hall–Kier alpha value is -2.73. The highest BCUT2D eigenvalue weighted by atomic mass is 32.1.